The fraction of sp³-hybridized carbons (Fsp3) is 0.312. The first-order chi connectivity index (χ1) is 10.9. The van der Waals surface area contributed by atoms with Gasteiger partial charge in [-0.3, -0.25) is 9.20 Å². The molecule has 7 heteroatoms. The largest absolute Gasteiger partial charge is 0.393 e. The molecule has 122 valence electrons. The molecule has 2 heterocycles. The number of carbonyl (C=O) groups excluding carboxylic acids is 1. The van der Waals surface area contributed by atoms with Crippen molar-refractivity contribution >= 4 is 40.1 Å². The predicted octanol–water partition coefficient (Wildman–Crippen LogP) is 3.10. The Morgan fingerprint density at radius 1 is 1.52 bits per heavy atom. The average Bonchev–Trinajstić information content (AvgIpc) is 2.95. The molecule has 2 aromatic heterocycles. The van der Waals surface area contributed by atoms with Crippen molar-refractivity contribution < 1.29 is 7.86 Å². The molecule has 0 bridgehead atoms. The Hall–Kier alpha value is -1.90. The van der Waals surface area contributed by atoms with Gasteiger partial charge in [-0.05, 0) is 24.5 Å². The molecule has 23 heavy (non-hydrogen) atoms. The third kappa shape index (κ3) is 3.54. The van der Waals surface area contributed by atoms with E-state index in [9.17, 15) is 9.59 Å². The van der Waals surface area contributed by atoms with Crippen molar-refractivity contribution in [3.05, 3.63) is 52.7 Å². The van der Waals surface area contributed by atoms with Gasteiger partial charge < -0.3 is 3.07 Å². The molecule has 2 rings (SSSR count). The van der Waals surface area contributed by atoms with Crippen molar-refractivity contribution in [2.45, 2.75) is 33.2 Å². The number of nitrogens with zero attached hydrogens (tertiary/aromatic N) is 3. The number of carbonyl (C=O) groups is 1. The van der Waals surface area contributed by atoms with E-state index in [-0.39, 0.29) is 18.0 Å². The highest BCUT2D eigenvalue weighted by Crippen LogP contribution is 2.20. The van der Waals surface area contributed by atoms with E-state index in [4.69, 9.17) is 0 Å². The van der Waals surface area contributed by atoms with Crippen LogP contribution in [0.5, 0.6) is 0 Å². The van der Waals surface area contributed by atoms with Gasteiger partial charge in [0.05, 0.1) is 0 Å². The summed E-state index contributed by atoms with van der Waals surface area (Å²) in [7, 11) is 0. The van der Waals surface area contributed by atoms with Crippen LogP contribution in [0.25, 0.3) is 11.1 Å². The Balaban J connectivity index is 2.74. The van der Waals surface area contributed by atoms with Gasteiger partial charge in [-0.1, -0.05) is 32.6 Å². The van der Waals surface area contributed by atoms with Gasteiger partial charge in [0, 0.05) is 11.8 Å². The number of hydrogen-bond acceptors (Lipinski definition) is 4. The summed E-state index contributed by atoms with van der Waals surface area (Å²) in [5, 5.41) is 4.29. The van der Waals surface area contributed by atoms with Crippen LogP contribution in [0.1, 0.15) is 38.1 Å². The van der Waals surface area contributed by atoms with Crippen molar-refractivity contribution in [3.8, 4) is 0 Å². The zero-order valence-corrected chi connectivity index (χ0v) is 15.4. The SMILES string of the molecule is C=C(/C=C\C)c1nn(CC(=O)OI)c(=O)c2cc(C(C)C)cn12. The van der Waals surface area contributed by atoms with Crippen LogP contribution in [0.15, 0.2) is 35.8 Å². The third-order valence-corrected chi connectivity index (χ3v) is 3.92. The highest BCUT2D eigenvalue weighted by Gasteiger charge is 2.16. The summed E-state index contributed by atoms with van der Waals surface area (Å²) in [6.45, 7) is 9.72. The van der Waals surface area contributed by atoms with Crippen molar-refractivity contribution in [3.63, 3.8) is 0 Å². The first-order valence-corrected chi connectivity index (χ1v) is 8.03. The lowest BCUT2D eigenvalue weighted by atomic mass is 10.1. The molecule has 0 radical (unpaired) electrons. The Morgan fingerprint density at radius 2 is 2.22 bits per heavy atom. The second-order valence-corrected chi connectivity index (χ2v) is 5.88. The number of hydrogen-bond donors (Lipinski definition) is 0. The maximum atomic E-state index is 12.6. The number of halogens is 1. The molecule has 0 aliphatic rings. The zero-order chi connectivity index (χ0) is 17.1. The van der Waals surface area contributed by atoms with E-state index in [1.807, 2.05) is 31.3 Å². The minimum absolute atomic E-state index is 0.239. The van der Waals surface area contributed by atoms with Gasteiger partial charge in [0.25, 0.3) is 5.56 Å². The van der Waals surface area contributed by atoms with Crippen molar-refractivity contribution in [1.29, 1.82) is 0 Å². The van der Waals surface area contributed by atoms with E-state index < -0.39 is 5.97 Å². The monoisotopic (exact) mass is 427 g/mol. The molecule has 0 aromatic carbocycles. The van der Waals surface area contributed by atoms with Gasteiger partial charge in [0.15, 0.2) is 28.8 Å². The van der Waals surface area contributed by atoms with Crippen molar-refractivity contribution in [2.24, 2.45) is 0 Å². The molecule has 0 aliphatic heterocycles. The van der Waals surface area contributed by atoms with Crippen LogP contribution >= 0.6 is 23.0 Å². The Kier molecular flexibility index (Phi) is 5.40. The van der Waals surface area contributed by atoms with E-state index in [1.54, 1.807) is 4.40 Å². The molecule has 0 amide bonds. The summed E-state index contributed by atoms with van der Waals surface area (Å²) in [4.78, 5) is 24.1. The van der Waals surface area contributed by atoms with Crippen LogP contribution < -0.4 is 5.56 Å². The molecule has 0 saturated carbocycles. The smallest absolute Gasteiger partial charge is 0.337 e. The molecular formula is C16H18IN3O3. The van der Waals surface area contributed by atoms with Crippen LogP contribution in [-0.2, 0) is 14.4 Å². The Labute approximate surface area is 148 Å². The minimum Gasteiger partial charge on any atom is -0.393 e. The fourth-order valence-corrected chi connectivity index (χ4v) is 2.37. The van der Waals surface area contributed by atoms with E-state index in [0.717, 1.165) is 10.2 Å². The van der Waals surface area contributed by atoms with Crippen LogP contribution in [0, 0.1) is 0 Å². The molecule has 0 N–H and O–H groups in total. The summed E-state index contributed by atoms with van der Waals surface area (Å²) >= 11 is 1.49. The van der Waals surface area contributed by atoms with Crippen LogP contribution in [0.2, 0.25) is 0 Å². The Bertz CT molecular complexity index is 846. The summed E-state index contributed by atoms with van der Waals surface area (Å²) in [5.41, 5.74) is 1.80. The molecule has 0 unspecified atom stereocenters. The molecule has 0 aliphatic carbocycles. The zero-order valence-electron chi connectivity index (χ0n) is 13.2. The van der Waals surface area contributed by atoms with Crippen LogP contribution in [-0.4, -0.2) is 20.2 Å². The summed E-state index contributed by atoms with van der Waals surface area (Å²) in [6.07, 6.45) is 5.54. The fourth-order valence-electron chi connectivity index (χ4n) is 2.23. The van der Waals surface area contributed by atoms with Gasteiger partial charge in [0.1, 0.15) is 12.1 Å². The average molecular weight is 427 g/mol. The maximum absolute atomic E-state index is 12.6. The normalized spacial score (nSPS) is 11.5. The van der Waals surface area contributed by atoms with Gasteiger partial charge >= 0.3 is 5.97 Å². The van der Waals surface area contributed by atoms with Gasteiger partial charge in [-0.15, -0.1) is 0 Å². The summed E-state index contributed by atoms with van der Waals surface area (Å²) in [5.74, 6) is 0.249. The second-order valence-electron chi connectivity index (χ2n) is 5.44. The quantitative estimate of drug-likeness (QED) is 0.544. The van der Waals surface area contributed by atoms with Gasteiger partial charge in [-0.2, -0.15) is 5.10 Å². The molecule has 0 fully saturated rings. The van der Waals surface area contributed by atoms with E-state index >= 15 is 0 Å². The predicted molar refractivity (Wildman–Crippen MR) is 97.5 cm³/mol. The van der Waals surface area contributed by atoms with Crippen molar-refractivity contribution in [2.75, 3.05) is 0 Å². The Morgan fingerprint density at radius 3 is 2.78 bits per heavy atom. The molecule has 0 saturated heterocycles. The first-order valence-electron chi connectivity index (χ1n) is 7.15. The second kappa shape index (κ2) is 7.12. The standard InChI is InChI=1S/C16H18IN3O3/c1-5-6-11(4)15-18-20(9-14(21)23-17)16(22)13-7-12(10(2)3)8-19(13)15/h5-8,10H,4,9H2,1-3H3/b6-5-. The highest BCUT2D eigenvalue weighted by molar-refractivity contribution is 14.1. The lowest BCUT2D eigenvalue weighted by Crippen LogP contribution is -2.29. The molecular weight excluding hydrogens is 409 g/mol. The van der Waals surface area contributed by atoms with Crippen LogP contribution in [0.4, 0.5) is 0 Å². The van der Waals surface area contributed by atoms with Gasteiger partial charge in [0.2, 0.25) is 0 Å². The van der Waals surface area contributed by atoms with Gasteiger partial charge in [-0.25, -0.2) is 9.48 Å². The van der Waals surface area contributed by atoms with E-state index in [2.05, 4.69) is 28.6 Å². The summed E-state index contributed by atoms with van der Waals surface area (Å²) < 4.78 is 7.44. The number of rotatable bonds is 5. The lowest BCUT2D eigenvalue weighted by molar-refractivity contribution is -0.132. The maximum Gasteiger partial charge on any atom is 0.337 e. The number of fused-ring (bicyclic) bond motifs is 1. The molecule has 0 atom stereocenters. The first kappa shape index (κ1) is 17.5. The highest BCUT2D eigenvalue weighted by atomic mass is 127. The number of allylic oxidation sites excluding steroid dienone is 3. The topological polar surface area (TPSA) is 65.6 Å². The molecule has 6 nitrogen and oxygen atoms in total. The molecule has 0 spiro atoms. The van der Waals surface area contributed by atoms with Crippen LogP contribution in [0.3, 0.4) is 0 Å². The minimum atomic E-state index is -0.539. The summed E-state index contributed by atoms with van der Waals surface area (Å²) in [6, 6.07) is 1.83. The third-order valence-electron chi connectivity index (χ3n) is 3.42. The van der Waals surface area contributed by atoms with E-state index in [1.165, 1.54) is 23.0 Å². The van der Waals surface area contributed by atoms with E-state index in [0.29, 0.717) is 16.9 Å². The van der Waals surface area contributed by atoms with Crippen molar-refractivity contribution in [1.82, 2.24) is 14.2 Å². The lowest BCUT2D eigenvalue weighted by Gasteiger charge is -2.09. The molecule has 2 aromatic rings. The number of aromatic nitrogens is 3.